The lowest BCUT2D eigenvalue weighted by molar-refractivity contribution is 0.316. The summed E-state index contributed by atoms with van der Waals surface area (Å²) < 4.78 is 14.0. The molecule has 18 heavy (non-hydrogen) atoms. The predicted octanol–water partition coefficient (Wildman–Crippen LogP) is 3.34. The summed E-state index contributed by atoms with van der Waals surface area (Å²) >= 11 is 1.15. The van der Waals surface area contributed by atoms with Crippen molar-refractivity contribution in [2.75, 3.05) is 6.61 Å². The average molecular weight is 261 g/mol. The molecule has 0 radical (unpaired) electrons. The smallest absolute Gasteiger partial charge is 0.255 e. The third-order valence-corrected chi connectivity index (χ3v) is 2.80. The Labute approximate surface area is 111 Å². The molecule has 4 nitrogen and oxygen atoms in total. The van der Waals surface area contributed by atoms with Gasteiger partial charge in [0.05, 0.1) is 24.0 Å². The molecular formula is C13H15N3OS. The van der Waals surface area contributed by atoms with Gasteiger partial charge in [0.25, 0.3) is 5.88 Å². The van der Waals surface area contributed by atoms with E-state index in [2.05, 4.69) is 32.8 Å². The first-order valence-electron chi connectivity index (χ1n) is 5.93. The van der Waals surface area contributed by atoms with Crippen LogP contribution >= 0.6 is 11.7 Å². The highest BCUT2D eigenvalue weighted by Crippen LogP contribution is 2.25. The maximum atomic E-state index is 5.62. The highest BCUT2D eigenvalue weighted by molar-refractivity contribution is 6.99. The van der Waals surface area contributed by atoms with Gasteiger partial charge in [-0.2, -0.15) is 4.37 Å². The molecule has 2 aromatic rings. The molecule has 0 fully saturated rings. The van der Waals surface area contributed by atoms with Crippen LogP contribution in [0.25, 0.3) is 11.4 Å². The lowest BCUT2D eigenvalue weighted by Crippen LogP contribution is -1.97. The topological polar surface area (TPSA) is 47.9 Å². The zero-order valence-corrected chi connectivity index (χ0v) is 11.1. The minimum Gasteiger partial charge on any atom is -0.475 e. The van der Waals surface area contributed by atoms with E-state index >= 15 is 0 Å². The summed E-state index contributed by atoms with van der Waals surface area (Å²) in [5.74, 6) is 0.573. The van der Waals surface area contributed by atoms with Gasteiger partial charge in [0.15, 0.2) is 5.69 Å². The number of aromatic nitrogens is 3. The van der Waals surface area contributed by atoms with Gasteiger partial charge in [-0.25, -0.2) is 0 Å². The van der Waals surface area contributed by atoms with E-state index in [-0.39, 0.29) is 0 Å². The minimum atomic E-state index is 0.573. The van der Waals surface area contributed by atoms with E-state index in [1.807, 2.05) is 18.2 Å². The maximum absolute atomic E-state index is 5.62. The van der Waals surface area contributed by atoms with Crippen LogP contribution in [-0.2, 0) is 0 Å². The Bertz CT molecular complexity index is 496. The molecule has 0 unspecified atom stereocenters. The molecule has 0 aliphatic carbocycles. The van der Waals surface area contributed by atoms with Crippen LogP contribution < -0.4 is 4.74 Å². The van der Waals surface area contributed by atoms with Gasteiger partial charge in [-0.3, -0.25) is 4.98 Å². The van der Waals surface area contributed by atoms with E-state index in [0.717, 1.165) is 36.0 Å². The fourth-order valence-corrected chi connectivity index (χ4v) is 1.95. The normalized spacial score (nSPS) is 10.9. The van der Waals surface area contributed by atoms with Crippen molar-refractivity contribution in [1.29, 1.82) is 0 Å². The lowest BCUT2D eigenvalue weighted by atomic mass is 10.3. The Morgan fingerprint density at radius 1 is 1.28 bits per heavy atom. The fraction of sp³-hybridized carbons (Fsp3) is 0.308. The van der Waals surface area contributed by atoms with Gasteiger partial charge in [0.2, 0.25) is 0 Å². The van der Waals surface area contributed by atoms with Gasteiger partial charge in [-0.15, -0.1) is 4.37 Å². The van der Waals surface area contributed by atoms with Gasteiger partial charge in [-0.05, 0) is 25.0 Å². The van der Waals surface area contributed by atoms with Gasteiger partial charge in [0.1, 0.15) is 0 Å². The third kappa shape index (κ3) is 3.37. The van der Waals surface area contributed by atoms with Crippen LogP contribution in [0.3, 0.4) is 0 Å². The molecule has 0 saturated heterocycles. The summed E-state index contributed by atoms with van der Waals surface area (Å²) in [6, 6.07) is 5.70. The molecule has 0 amide bonds. The Morgan fingerprint density at radius 3 is 3.00 bits per heavy atom. The number of hydrogen-bond acceptors (Lipinski definition) is 5. The molecule has 0 N–H and O–H groups in total. The van der Waals surface area contributed by atoms with E-state index in [4.69, 9.17) is 4.74 Å². The molecule has 0 aromatic carbocycles. The number of allylic oxidation sites excluding steroid dienone is 1. The highest BCUT2D eigenvalue weighted by atomic mass is 32.1. The zero-order valence-electron chi connectivity index (χ0n) is 10.2. The predicted molar refractivity (Wildman–Crippen MR) is 72.7 cm³/mol. The lowest BCUT2D eigenvalue weighted by Gasteiger charge is -2.02. The summed E-state index contributed by atoms with van der Waals surface area (Å²) in [5.41, 5.74) is 1.52. The van der Waals surface area contributed by atoms with Crippen LogP contribution in [0.15, 0.2) is 36.5 Å². The molecule has 0 aliphatic rings. The Morgan fingerprint density at radius 2 is 2.22 bits per heavy atom. The third-order valence-electron chi connectivity index (χ3n) is 2.29. The second-order valence-corrected chi connectivity index (χ2v) is 4.18. The summed E-state index contributed by atoms with van der Waals surface area (Å²) in [5, 5.41) is 0. The number of rotatable bonds is 6. The first kappa shape index (κ1) is 12.7. The maximum Gasteiger partial charge on any atom is 0.255 e. The van der Waals surface area contributed by atoms with Crippen molar-refractivity contribution in [3.05, 3.63) is 36.5 Å². The van der Waals surface area contributed by atoms with E-state index in [9.17, 15) is 0 Å². The molecule has 2 heterocycles. The monoisotopic (exact) mass is 261 g/mol. The van der Waals surface area contributed by atoms with Crippen molar-refractivity contribution in [2.45, 2.75) is 19.8 Å². The number of hydrogen-bond donors (Lipinski definition) is 0. The molecular weight excluding hydrogens is 246 g/mol. The average Bonchev–Trinajstić information content (AvgIpc) is 2.88. The van der Waals surface area contributed by atoms with E-state index in [0.29, 0.717) is 12.5 Å². The number of nitrogens with zero attached hydrogens (tertiary/aromatic N) is 3. The second kappa shape index (κ2) is 6.86. The first-order valence-corrected chi connectivity index (χ1v) is 6.66. The Kier molecular flexibility index (Phi) is 4.84. The summed E-state index contributed by atoms with van der Waals surface area (Å²) in [4.78, 5) is 4.25. The Balaban J connectivity index is 1.98. The van der Waals surface area contributed by atoms with E-state index in [1.165, 1.54) is 0 Å². The van der Waals surface area contributed by atoms with Crippen molar-refractivity contribution in [1.82, 2.24) is 13.7 Å². The molecule has 2 rings (SSSR count). The van der Waals surface area contributed by atoms with Crippen LogP contribution in [0.1, 0.15) is 19.8 Å². The quantitative estimate of drug-likeness (QED) is 0.591. The van der Waals surface area contributed by atoms with Gasteiger partial charge in [-0.1, -0.05) is 25.1 Å². The molecule has 0 spiro atoms. The van der Waals surface area contributed by atoms with Crippen LogP contribution in [0.2, 0.25) is 0 Å². The summed E-state index contributed by atoms with van der Waals surface area (Å²) in [7, 11) is 0. The highest BCUT2D eigenvalue weighted by Gasteiger charge is 2.12. The van der Waals surface area contributed by atoms with Crippen molar-refractivity contribution in [3.63, 3.8) is 0 Å². The van der Waals surface area contributed by atoms with Gasteiger partial charge >= 0.3 is 0 Å². The van der Waals surface area contributed by atoms with Crippen LogP contribution in [-0.4, -0.2) is 20.3 Å². The zero-order chi connectivity index (χ0) is 12.6. The molecule has 2 aromatic heterocycles. The van der Waals surface area contributed by atoms with E-state index < -0.39 is 0 Å². The standard InChI is InChI=1S/C13H15N3OS/c1-2-3-4-7-10-17-13-12(15-18-16-13)11-8-5-6-9-14-11/h3-6,8-9H,2,7,10H2,1H3/b4-3+. The van der Waals surface area contributed by atoms with Crippen LogP contribution in [0, 0.1) is 0 Å². The van der Waals surface area contributed by atoms with Gasteiger partial charge in [0, 0.05) is 6.20 Å². The minimum absolute atomic E-state index is 0.573. The Hall–Kier alpha value is -1.75. The van der Waals surface area contributed by atoms with Crippen molar-refractivity contribution in [3.8, 4) is 17.3 Å². The van der Waals surface area contributed by atoms with E-state index in [1.54, 1.807) is 6.20 Å². The fourth-order valence-electron chi connectivity index (χ4n) is 1.44. The molecule has 0 atom stereocenters. The summed E-state index contributed by atoms with van der Waals surface area (Å²) in [6.45, 7) is 2.72. The molecule has 0 saturated carbocycles. The van der Waals surface area contributed by atoms with Crippen molar-refractivity contribution < 1.29 is 4.74 Å². The van der Waals surface area contributed by atoms with Crippen LogP contribution in [0.4, 0.5) is 0 Å². The van der Waals surface area contributed by atoms with Gasteiger partial charge < -0.3 is 4.74 Å². The molecule has 94 valence electrons. The van der Waals surface area contributed by atoms with Crippen LogP contribution in [0.5, 0.6) is 5.88 Å². The number of ether oxygens (including phenoxy) is 1. The number of pyridine rings is 1. The van der Waals surface area contributed by atoms with Crippen molar-refractivity contribution >= 4 is 11.7 Å². The molecule has 5 heteroatoms. The first-order chi connectivity index (χ1) is 8.92. The van der Waals surface area contributed by atoms with Crippen molar-refractivity contribution in [2.24, 2.45) is 0 Å². The molecule has 0 aliphatic heterocycles. The summed E-state index contributed by atoms with van der Waals surface area (Å²) in [6.07, 6.45) is 7.91. The molecule has 0 bridgehead atoms. The largest absolute Gasteiger partial charge is 0.475 e. The SMILES string of the molecule is CC/C=C/CCOc1nsnc1-c1ccccn1. The second-order valence-electron chi connectivity index (χ2n) is 3.65.